The van der Waals surface area contributed by atoms with E-state index < -0.39 is 0 Å². The van der Waals surface area contributed by atoms with E-state index in [1.54, 1.807) is 0 Å². The zero-order valence-corrected chi connectivity index (χ0v) is 12.5. The van der Waals surface area contributed by atoms with Gasteiger partial charge in [0, 0.05) is 12.2 Å². The van der Waals surface area contributed by atoms with Crippen molar-refractivity contribution in [2.45, 2.75) is 46.6 Å². The van der Waals surface area contributed by atoms with Gasteiger partial charge in [-0.25, -0.2) is 0 Å². The summed E-state index contributed by atoms with van der Waals surface area (Å²) in [6.07, 6.45) is 2.14. The predicted molar refractivity (Wildman–Crippen MR) is 81.4 cm³/mol. The molecule has 0 heterocycles. The largest absolute Gasteiger partial charge is 0.374 e. The van der Waals surface area contributed by atoms with Crippen molar-refractivity contribution in [1.82, 2.24) is 5.32 Å². The summed E-state index contributed by atoms with van der Waals surface area (Å²) < 4.78 is 0. The highest BCUT2D eigenvalue weighted by atomic mass is 16.2. The lowest BCUT2D eigenvalue weighted by molar-refractivity contribution is -0.121. The van der Waals surface area contributed by atoms with E-state index >= 15 is 0 Å². The Hall–Kier alpha value is -1.51. The van der Waals surface area contributed by atoms with Crippen LogP contribution in [-0.4, -0.2) is 18.5 Å². The standard InChI is InChI=1S/C16H26N2O/c1-5-8-14-9-6-7-10-15(14)18-13(4)16(19)17-11-12(2)3/h6-7,9-10,12-13,18H,5,8,11H2,1-4H3,(H,17,19). The van der Waals surface area contributed by atoms with Crippen LogP contribution < -0.4 is 10.6 Å². The molecule has 0 aliphatic heterocycles. The normalized spacial score (nSPS) is 12.3. The van der Waals surface area contributed by atoms with Crippen LogP contribution in [0.2, 0.25) is 0 Å². The first-order valence-electron chi connectivity index (χ1n) is 7.16. The molecule has 106 valence electrons. The zero-order valence-electron chi connectivity index (χ0n) is 12.5. The summed E-state index contributed by atoms with van der Waals surface area (Å²) in [7, 11) is 0. The molecule has 1 aromatic rings. The van der Waals surface area contributed by atoms with E-state index in [0.29, 0.717) is 5.92 Å². The van der Waals surface area contributed by atoms with Gasteiger partial charge in [-0.1, -0.05) is 45.4 Å². The Morgan fingerprint density at radius 3 is 2.53 bits per heavy atom. The van der Waals surface area contributed by atoms with Crippen LogP contribution >= 0.6 is 0 Å². The highest BCUT2D eigenvalue weighted by molar-refractivity contribution is 5.84. The number of nitrogens with one attached hydrogen (secondary N) is 2. The molecule has 1 amide bonds. The number of amides is 1. The average molecular weight is 262 g/mol. The van der Waals surface area contributed by atoms with E-state index in [1.165, 1.54) is 5.56 Å². The molecule has 0 aliphatic rings. The molecule has 0 saturated heterocycles. The highest BCUT2D eigenvalue weighted by Gasteiger charge is 2.13. The maximum Gasteiger partial charge on any atom is 0.242 e. The Morgan fingerprint density at radius 1 is 1.21 bits per heavy atom. The van der Waals surface area contributed by atoms with Gasteiger partial charge in [0.25, 0.3) is 0 Å². The van der Waals surface area contributed by atoms with E-state index in [2.05, 4.69) is 37.5 Å². The van der Waals surface area contributed by atoms with Crippen LogP contribution in [0.4, 0.5) is 5.69 Å². The lowest BCUT2D eigenvalue weighted by Crippen LogP contribution is -2.39. The smallest absolute Gasteiger partial charge is 0.242 e. The van der Waals surface area contributed by atoms with Crippen molar-refractivity contribution >= 4 is 11.6 Å². The van der Waals surface area contributed by atoms with E-state index in [0.717, 1.165) is 25.1 Å². The summed E-state index contributed by atoms with van der Waals surface area (Å²) in [6.45, 7) is 8.97. The number of hydrogen-bond donors (Lipinski definition) is 2. The molecule has 2 N–H and O–H groups in total. The van der Waals surface area contributed by atoms with Gasteiger partial charge in [-0.2, -0.15) is 0 Å². The maximum atomic E-state index is 11.9. The van der Waals surface area contributed by atoms with Crippen LogP contribution in [0.25, 0.3) is 0 Å². The van der Waals surface area contributed by atoms with Crippen molar-refractivity contribution in [1.29, 1.82) is 0 Å². The average Bonchev–Trinajstić information content (AvgIpc) is 2.38. The molecule has 1 unspecified atom stereocenters. The number of para-hydroxylation sites is 1. The lowest BCUT2D eigenvalue weighted by Gasteiger charge is -2.18. The van der Waals surface area contributed by atoms with Gasteiger partial charge >= 0.3 is 0 Å². The van der Waals surface area contributed by atoms with Crippen molar-refractivity contribution in [2.75, 3.05) is 11.9 Å². The van der Waals surface area contributed by atoms with Crippen LogP contribution in [-0.2, 0) is 11.2 Å². The molecule has 0 aromatic heterocycles. The molecule has 0 aliphatic carbocycles. The van der Waals surface area contributed by atoms with Gasteiger partial charge in [0.15, 0.2) is 0 Å². The Kier molecular flexibility index (Phi) is 6.40. The summed E-state index contributed by atoms with van der Waals surface area (Å²) >= 11 is 0. The molecular weight excluding hydrogens is 236 g/mol. The van der Waals surface area contributed by atoms with Crippen LogP contribution in [0, 0.1) is 5.92 Å². The second-order valence-electron chi connectivity index (χ2n) is 5.41. The molecule has 0 saturated carbocycles. The molecule has 3 heteroatoms. The minimum Gasteiger partial charge on any atom is -0.374 e. The van der Waals surface area contributed by atoms with Crippen LogP contribution in [0.3, 0.4) is 0 Å². The minimum atomic E-state index is -0.211. The lowest BCUT2D eigenvalue weighted by atomic mass is 10.1. The SMILES string of the molecule is CCCc1ccccc1NC(C)C(=O)NCC(C)C. The summed E-state index contributed by atoms with van der Waals surface area (Å²) in [6, 6.07) is 7.98. The van der Waals surface area contributed by atoms with Crippen molar-refractivity contribution in [3.63, 3.8) is 0 Å². The molecule has 0 radical (unpaired) electrons. The number of aryl methyl sites for hydroxylation is 1. The zero-order chi connectivity index (χ0) is 14.3. The summed E-state index contributed by atoms with van der Waals surface area (Å²) in [5.41, 5.74) is 2.34. The number of carbonyl (C=O) groups is 1. The quantitative estimate of drug-likeness (QED) is 0.792. The Morgan fingerprint density at radius 2 is 1.89 bits per heavy atom. The van der Waals surface area contributed by atoms with E-state index in [1.807, 2.05) is 25.1 Å². The molecule has 1 atom stereocenters. The molecule has 3 nitrogen and oxygen atoms in total. The fourth-order valence-corrected chi connectivity index (χ4v) is 1.91. The Balaban J connectivity index is 2.60. The number of hydrogen-bond acceptors (Lipinski definition) is 2. The molecular formula is C16H26N2O. The Bertz CT molecular complexity index is 401. The van der Waals surface area contributed by atoms with Crippen LogP contribution in [0.1, 0.15) is 39.7 Å². The predicted octanol–water partition coefficient (Wildman–Crippen LogP) is 3.21. The molecule has 0 spiro atoms. The number of benzene rings is 1. The maximum absolute atomic E-state index is 11.9. The fourth-order valence-electron chi connectivity index (χ4n) is 1.91. The van der Waals surface area contributed by atoms with Crippen LogP contribution in [0.15, 0.2) is 24.3 Å². The molecule has 1 rings (SSSR count). The van der Waals surface area contributed by atoms with E-state index in [9.17, 15) is 4.79 Å². The first-order valence-corrected chi connectivity index (χ1v) is 7.16. The third-order valence-corrected chi connectivity index (χ3v) is 2.99. The molecule has 1 aromatic carbocycles. The van der Waals surface area contributed by atoms with Gasteiger partial charge in [-0.3, -0.25) is 4.79 Å². The van der Waals surface area contributed by atoms with Gasteiger partial charge in [-0.05, 0) is 30.9 Å². The van der Waals surface area contributed by atoms with Gasteiger partial charge < -0.3 is 10.6 Å². The van der Waals surface area contributed by atoms with Gasteiger partial charge in [-0.15, -0.1) is 0 Å². The number of carbonyl (C=O) groups excluding carboxylic acids is 1. The van der Waals surface area contributed by atoms with Crippen molar-refractivity contribution in [3.8, 4) is 0 Å². The second kappa shape index (κ2) is 7.82. The van der Waals surface area contributed by atoms with Gasteiger partial charge in [0.2, 0.25) is 5.91 Å². The van der Waals surface area contributed by atoms with Crippen molar-refractivity contribution in [3.05, 3.63) is 29.8 Å². The monoisotopic (exact) mass is 262 g/mol. The highest BCUT2D eigenvalue weighted by Crippen LogP contribution is 2.17. The van der Waals surface area contributed by atoms with E-state index in [-0.39, 0.29) is 11.9 Å². The number of anilines is 1. The Labute approximate surface area is 116 Å². The third kappa shape index (κ3) is 5.33. The van der Waals surface area contributed by atoms with Gasteiger partial charge in [0.1, 0.15) is 6.04 Å². The summed E-state index contributed by atoms with van der Waals surface area (Å²) in [4.78, 5) is 11.9. The summed E-state index contributed by atoms with van der Waals surface area (Å²) in [5.74, 6) is 0.531. The minimum absolute atomic E-state index is 0.0556. The fraction of sp³-hybridized carbons (Fsp3) is 0.562. The van der Waals surface area contributed by atoms with Crippen LogP contribution in [0.5, 0.6) is 0 Å². The molecule has 0 bridgehead atoms. The molecule has 19 heavy (non-hydrogen) atoms. The third-order valence-electron chi connectivity index (χ3n) is 2.99. The van der Waals surface area contributed by atoms with Crippen molar-refractivity contribution in [2.24, 2.45) is 5.92 Å². The summed E-state index contributed by atoms with van der Waals surface area (Å²) in [5, 5.41) is 6.26. The van der Waals surface area contributed by atoms with Crippen molar-refractivity contribution < 1.29 is 4.79 Å². The number of rotatable bonds is 7. The first kappa shape index (κ1) is 15.5. The molecule has 0 fully saturated rings. The van der Waals surface area contributed by atoms with Gasteiger partial charge in [0.05, 0.1) is 0 Å². The van der Waals surface area contributed by atoms with E-state index in [4.69, 9.17) is 0 Å². The topological polar surface area (TPSA) is 41.1 Å². The second-order valence-corrected chi connectivity index (χ2v) is 5.41. The first-order chi connectivity index (χ1) is 9.04.